The van der Waals surface area contributed by atoms with Crippen LogP contribution in [0.1, 0.15) is 30.0 Å². The first-order valence-electron chi connectivity index (χ1n) is 7.55. The van der Waals surface area contributed by atoms with Crippen molar-refractivity contribution in [3.05, 3.63) is 77.4 Å². The summed E-state index contributed by atoms with van der Waals surface area (Å²) < 4.78 is 5.62. The van der Waals surface area contributed by atoms with Crippen molar-refractivity contribution in [3.63, 3.8) is 0 Å². The third-order valence-corrected chi connectivity index (χ3v) is 4.53. The monoisotopic (exact) mass is 278 g/mol. The van der Waals surface area contributed by atoms with E-state index in [-0.39, 0.29) is 5.41 Å². The normalized spacial score (nSPS) is 20.8. The van der Waals surface area contributed by atoms with E-state index in [1.807, 2.05) is 0 Å². The summed E-state index contributed by atoms with van der Waals surface area (Å²) in [6, 6.07) is 19.5. The summed E-state index contributed by atoms with van der Waals surface area (Å²) in [5.41, 5.74) is 5.60. The molecule has 1 aliphatic rings. The Kier molecular flexibility index (Phi) is 3.94. The fourth-order valence-corrected chi connectivity index (χ4v) is 3.48. The molecular formula is C20H22O. The number of hydrogen-bond acceptors (Lipinski definition) is 1. The molecule has 0 N–H and O–H groups in total. The van der Waals surface area contributed by atoms with Crippen LogP contribution in [0.3, 0.4) is 0 Å². The van der Waals surface area contributed by atoms with E-state index in [0.717, 1.165) is 19.4 Å². The molecule has 0 fully saturated rings. The molecule has 1 aliphatic carbocycles. The summed E-state index contributed by atoms with van der Waals surface area (Å²) in [7, 11) is 1.81. The van der Waals surface area contributed by atoms with Gasteiger partial charge in [-0.2, -0.15) is 0 Å². The highest BCUT2D eigenvalue weighted by Gasteiger charge is 2.36. The van der Waals surface area contributed by atoms with Crippen molar-refractivity contribution in [3.8, 4) is 0 Å². The van der Waals surface area contributed by atoms with Gasteiger partial charge in [-0.05, 0) is 42.0 Å². The van der Waals surface area contributed by atoms with Crippen LogP contribution in [0.2, 0.25) is 0 Å². The highest BCUT2D eigenvalue weighted by molar-refractivity contribution is 5.70. The van der Waals surface area contributed by atoms with Crippen LogP contribution in [0.25, 0.3) is 5.57 Å². The number of benzene rings is 2. The third kappa shape index (κ3) is 2.66. The molecule has 0 amide bonds. The lowest BCUT2D eigenvalue weighted by Gasteiger charge is -2.38. The Bertz CT molecular complexity index is 642. The van der Waals surface area contributed by atoms with E-state index in [9.17, 15) is 0 Å². The lowest BCUT2D eigenvalue weighted by molar-refractivity contribution is 0.128. The van der Waals surface area contributed by atoms with E-state index in [2.05, 4.69) is 67.6 Å². The molecule has 2 aromatic carbocycles. The zero-order valence-corrected chi connectivity index (χ0v) is 12.8. The minimum absolute atomic E-state index is 0.0478. The summed E-state index contributed by atoms with van der Waals surface area (Å²) in [5.74, 6) is 0. The van der Waals surface area contributed by atoms with Crippen LogP contribution in [-0.4, -0.2) is 13.7 Å². The van der Waals surface area contributed by atoms with E-state index in [4.69, 9.17) is 4.74 Å². The van der Waals surface area contributed by atoms with Crippen molar-refractivity contribution < 1.29 is 4.74 Å². The quantitative estimate of drug-likeness (QED) is 0.793. The van der Waals surface area contributed by atoms with Crippen LogP contribution in [-0.2, 0) is 16.6 Å². The van der Waals surface area contributed by atoms with E-state index in [1.165, 1.54) is 22.3 Å². The van der Waals surface area contributed by atoms with E-state index >= 15 is 0 Å². The van der Waals surface area contributed by atoms with Gasteiger partial charge in [0.25, 0.3) is 0 Å². The van der Waals surface area contributed by atoms with Gasteiger partial charge in [0.05, 0.1) is 6.61 Å². The molecule has 0 aliphatic heterocycles. The number of allylic oxidation sites excluding steroid dienone is 2. The summed E-state index contributed by atoms with van der Waals surface area (Å²) in [6.45, 7) is 2.96. The number of fused-ring (bicyclic) bond motifs is 1. The molecule has 1 nitrogen and oxygen atoms in total. The van der Waals surface area contributed by atoms with E-state index in [1.54, 1.807) is 7.11 Å². The molecule has 0 bridgehead atoms. The molecule has 0 saturated carbocycles. The van der Waals surface area contributed by atoms with Gasteiger partial charge < -0.3 is 4.74 Å². The maximum absolute atomic E-state index is 5.62. The Balaban J connectivity index is 2.06. The van der Waals surface area contributed by atoms with Gasteiger partial charge in [-0.25, -0.2) is 0 Å². The predicted molar refractivity (Wildman–Crippen MR) is 88.4 cm³/mol. The second-order valence-electron chi connectivity index (χ2n) is 6.01. The van der Waals surface area contributed by atoms with Crippen LogP contribution in [0, 0.1) is 0 Å². The number of methoxy groups -OCH3 is 1. The largest absolute Gasteiger partial charge is 0.384 e. The third-order valence-electron chi connectivity index (χ3n) is 4.53. The minimum atomic E-state index is 0.0478. The molecule has 1 atom stereocenters. The van der Waals surface area contributed by atoms with Gasteiger partial charge in [0.15, 0.2) is 0 Å². The molecule has 108 valence electrons. The van der Waals surface area contributed by atoms with E-state index in [0.29, 0.717) is 0 Å². The zero-order chi connectivity index (χ0) is 14.7. The molecule has 2 aromatic rings. The Morgan fingerprint density at radius 2 is 1.71 bits per heavy atom. The SMILES string of the molecule is COCC1(Cc2ccccc2)CC=C(C)c2ccccc21. The molecule has 0 spiro atoms. The standard InChI is InChI=1S/C20H22O/c1-16-12-13-20(15-21-2,14-17-8-4-3-5-9-17)19-11-7-6-10-18(16)19/h3-12H,13-15H2,1-2H3. The van der Waals surface area contributed by atoms with Crippen LogP contribution < -0.4 is 0 Å². The zero-order valence-electron chi connectivity index (χ0n) is 12.8. The topological polar surface area (TPSA) is 9.23 Å². The average Bonchev–Trinajstić information content (AvgIpc) is 2.53. The maximum atomic E-state index is 5.62. The van der Waals surface area contributed by atoms with Gasteiger partial charge in [0, 0.05) is 12.5 Å². The number of ether oxygens (including phenoxy) is 1. The summed E-state index contributed by atoms with van der Waals surface area (Å²) in [4.78, 5) is 0. The second-order valence-corrected chi connectivity index (χ2v) is 6.01. The first-order chi connectivity index (χ1) is 10.2. The summed E-state index contributed by atoms with van der Waals surface area (Å²) in [6.07, 6.45) is 4.42. The lowest BCUT2D eigenvalue weighted by atomic mass is 9.68. The van der Waals surface area contributed by atoms with Crippen molar-refractivity contribution in [2.24, 2.45) is 0 Å². The fraction of sp³-hybridized carbons (Fsp3) is 0.300. The molecule has 0 radical (unpaired) electrons. The first-order valence-corrected chi connectivity index (χ1v) is 7.55. The van der Waals surface area contributed by atoms with Gasteiger partial charge in [-0.3, -0.25) is 0 Å². The van der Waals surface area contributed by atoms with Crippen molar-refractivity contribution in [2.75, 3.05) is 13.7 Å². The molecule has 0 saturated heterocycles. The van der Waals surface area contributed by atoms with Crippen molar-refractivity contribution in [1.29, 1.82) is 0 Å². The summed E-state index contributed by atoms with van der Waals surface area (Å²) >= 11 is 0. The second kappa shape index (κ2) is 5.87. The van der Waals surface area contributed by atoms with Crippen molar-refractivity contribution in [2.45, 2.75) is 25.2 Å². The lowest BCUT2D eigenvalue weighted by Crippen LogP contribution is -2.36. The molecule has 21 heavy (non-hydrogen) atoms. The first kappa shape index (κ1) is 14.1. The van der Waals surface area contributed by atoms with Crippen LogP contribution >= 0.6 is 0 Å². The summed E-state index contributed by atoms with van der Waals surface area (Å²) in [5, 5.41) is 0. The smallest absolute Gasteiger partial charge is 0.0565 e. The van der Waals surface area contributed by atoms with Crippen LogP contribution in [0.15, 0.2) is 60.7 Å². The molecule has 1 heteroatoms. The Morgan fingerprint density at radius 3 is 2.48 bits per heavy atom. The molecule has 0 heterocycles. The number of hydrogen-bond donors (Lipinski definition) is 0. The molecule has 1 unspecified atom stereocenters. The predicted octanol–water partition coefficient (Wildman–Crippen LogP) is 4.62. The highest BCUT2D eigenvalue weighted by atomic mass is 16.5. The number of rotatable bonds is 4. The van der Waals surface area contributed by atoms with Gasteiger partial charge in [-0.1, -0.05) is 60.7 Å². The van der Waals surface area contributed by atoms with Crippen molar-refractivity contribution >= 4 is 5.57 Å². The van der Waals surface area contributed by atoms with E-state index < -0.39 is 0 Å². The Morgan fingerprint density at radius 1 is 1.00 bits per heavy atom. The van der Waals surface area contributed by atoms with Gasteiger partial charge >= 0.3 is 0 Å². The van der Waals surface area contributed by atoms with Gasteiger partial charge in [-0.15, -0.1) is 0 Å². The van der Waals surface area contributed by atoms with Crippen molar-refractivity contribution in [1.82, 2.24) is 0 Å². The van der Waals surface area contributed by atoms with Crippen LogP contribution in [0.4, 0.5) is 0 Å². The molecule has 0 aromatic heterocycles. The minimum Gasteiger partial charge on any atom is -0.384 e. The van der Waals surface area contributed by atoms with Gasteiger partial charge in [0.2, 0.25) is 0 Å². The maximum Gasteiger partial charge on any atom is 0.0565 e. The Labute approximate surface area is 127 Å². The molecular weight excluding hydrogens is 256 g/mol. The van der Waals surface area contributed by atoms with Gasteiger partial charge in [0.1, 0.15) is 0 Å². The molecule has 3 rings (SSSR count). The Hall–Kier alpha value is -1.86. The average molecular weight is 278 g/mol. The fourth-order valence-electron chi connectivity index (χ4n) is 3.48. The highest BCUT2D eigenvalue weighted by Crippen LogP contribution is 2.41. The van der Waals surface area contributed by atoms with Crippen LogP contribution in [0.5, 0.6) is 0 Å².